The molecule has 5 nitrogen and oxygen atoms in total. The van der Waals surface area contributed by atoms with Crippen molar-refractivity contribution in [1.29, 1.82) is 0 Å². The molecule has 2 aromatic rings. The minimum Gasteiger partial charge on any atom is -0.333 e. The number of benzene rings is 1. The molecule has 0 aliphatic carbocycles. The molecule has 1 aromatic carbocycles. The molecule has 0 unspecified atom stereocenters. The number of hydrogen-bond acceptors (Lipinski definition) is 3. The summed E-state index contributed by atoms with van der Waals surface area (Å²) in [4.78, 5) is 32.1. The van der Waals surface area contributed by atoms with Crippen molar-refractivity contribution in [3.05, 3.63) is 69.1 Å². The van der Waals surface area contributed by atoms with E-state index in [1.807, 2.05) is 11.0 Å². The van der Waals surface area contributed by atoms with Gasteiger partial charge in [0.2, 0.25) is 0 Å². The van der Waals surface area contributed by atoms with Crippen molar-refractivity contribution in [3.63, 3.8) is 0 Å². The van der Waals surface area contributed by atoms with Gasteiger partial charge in [-0.3, -0.25) is 14.5 Å². The molecule has 0 spiro atoms. The van der Waals surface area contributed by atoms with Crippen molar-refractivity contribution in [2.24, 2.45) is 5.92 Å². The Morgan fingerprint density at radius 3 is 2.56 bits per heavy atom. The van der Waals surface area contributed by atoms with Crippen molar-refractivity contribution >= 4 is 17.5 Å². The third-order valence-electron chi connectivity index (χ3n) is 6.59. The number of carbonyl (C=O) groups is 1. The molecule has 140 valence electrons. The Labute approximate surface area is 162 Å². The predicted molar refractivity (Wildman–Crippen MR) is 104 cm³/mol. The monoisotopic (exact) mass is 383 g/mol. The van der Waals surface area contributed by atoms with Gasteiger partial charge in [-0.25, -0.2) is 0 Å². The van der Waals surface area contributed by atoms with E-state index >= 15 is 0 Å². The van der Waals surface area contributed by atoms with E-state index in [9.17, 15) is 9.59 Å². The number of nitrogens with one attached hydrogen (secondary N) is 1. The molecular weight excluding hydrogens is 362 g/mol. The number of fused-ring (bicyclic) bond motifs is 2. The molecule has 2 bridgehead atoms. The van der Waals surface area contributed by atoms with E-state index in [0.717, 1.165) is 25.9 Å². The van der Waals surface area contributed by atoms with Gasteiger partial charge in [-0.1, -0.05) is 41.9 Å². The first kappa shape index (κ1) is 17.0. The number of pyridine rings is 1. The SMILES string of the molecule is O=C(c1c[nH]c(=O)c(Cl)c1)N1C[C@H](c2ccccc2)[C@H]2[C@@H]1C1CCN2CC1. The summed E-state index contributed by atoms with van der Waals surface area (Å²) in [6, 6.07) is 12.6. The van der Waals surface area contributed by atoms with Crippen LogP contribution in [0.3, 0.4) is 0 Å². The van der Waals surface area contributed by atoms with Gasteiger partial charge in [0, 0.05) is 24.7 Å². The normalized spacial score (nSPS) is 31.7. The molecule has 4 aliphatic heterocycles. The third-order valence-corrected chi connectivity index (χ3v) is 6.87. The number of halogens is 1. The van der Waals surface area contributed by atoms with Gasteiger partial charge in [0.05, 0.1) is 11.6 Å². The van der Waals surface area contributed by atoms with Gasteiger partial charge in [0.1, 0.15) is 5.02 Å². The van der Waals surface area contributed by atoms with Crippen LogP contribution in [0.15, 0.2) is 47.4 Å². The molecule has 1 N–H and O–H groups in total. The molecular formula is C21H22ClN3O2. The Balaban J connectivity index is 1.53. The highest BCUT2D eigenvalue weighted by Crippen LogP contribution is 2.46. The summed E-state index contributed by atoms with van der Waals surface area (Å²) in [5, 5.41) is 0.0603. The van der Waals surface area contributed by atoms with Crippen LogP contribution < -0.4 is 5.56 Å². The molecule has 1 aromatic heterocycles. The van der Waals surface area contributed by atoms with Crippen molar-refractivity contribution in [3.8, 4) is 0 Å². The Morgan fingerprint density at radius 2 is 1.85 bits per heavy atom. The van der Waals surface area contributed by atoms with E-state index < -0.39 is 0 Å². The first-order chi connectivity index (χ1) is 13.1. The molecule has 0 saturated carbocycles. The largest absolute Gasteiger partial charge is 0.333 e. The lowest BCUT2D eigenvalue weighted by Gasteiger charge is -2.51. The van der Waals surface area contributed by atoms with Gasteiger partial charge in [0.25, 0.3) is 11.5 Å². The molecule has 5 heterocycles. The highest BCUT2D eigenvalue weighted by Gasteiger charge is 2.54. The second kappa shape index (κ2) is 6.50. The number of likely N-dealkylation sites (tertiary alicyclic amines) is 1. The summed E-state index contributed by atoms with van der Waals surface area (Å²) in [7, 11) is 0. The maximum absolute atomic E-state index is 13.3. The lowest BCUT2D eigenvalue weighted by Crippen LogP contribution is -2.60. The molecule has 6 rings (SSSR count). The van der Waals surface area contributed by atoms with E-state index in [2.05, 4.69) is 34.1 Å². The minimum atomic E-state index is -0.363. The zero-order valence-electron chi connectivity index (χ0n) is 15.0. The van der Waals surface area contributed by atoms with Crippen LogP contribution in [0.2, 0.25) is 5.02 Å². The summed E-state index contributed by atoms with van der Waals surface area (Å²) >= 11 is 5.97. The number of aromatic amines is 1. The first-order valence-corrected chi connectivity index (χ1v) is 9.99. The molecule has 4 aliphatic rings. The maximum Gasteiger partial charge on any atom is 0.266 e. The van der Waals surface area contributed by atoms with Crippen LogP contribution in [0.4, 0.5) is 0 Å². The smallest absolute Gasteiger partial charge is 0.266 e. The predicted octanol–water partition coefficient (Wildman–Crippen LogP) is 2.73. The van der Waals surface area contributed by atoms with Gasteiger partial charge >= 0.3 is 0 Å². The Hall–Kier alpha value is -2.11. The van der Waals surface area contributed by atoms with Crippen molar-refractivity contribution in [2.45, 2.75) is 30.8 Å². The van der Waals surface area contributed by atoms with Crippen LogP contribution in [0.25, 0.3) is 0 Å². The number of aromatic nitrogens is 1. The first-order valence-electron chi connectivity index (χ1n) is 9.61. The quantitative estimate of drug-likeness (QED) is 0.867. The Kier molecular flexibility index (Phi) is 4.10. The third kappa shape index (κ3) is 2.72. The zero-order chi connectivity index (χ0) is 18.5. The van der Waals surface area contributed by atoms with Crippen molar-refractivity contribution < 1.29 is 4.79 Å². The highest BCUT2D eigenvalue weighted by molar-refractivity contribution is 6.30. The topological polar surface area (TPSA) is 56.4 Å². The molecule has 27 heavy (non-hydrogen) atoms. The minimum absolute atomic E-state index is 0.0321. The summed E-state index contributed by atoms with van der Waals surface area (Å²) < 4.78 is 0. The summed E-state index contributed by atoms with van der Waals surface area (Å²) in [6.07, 6.45) is 3.79. The van der Waals surface area contributed by atoms with E-state index in [1.54, 1.807) is 0 Å². The van der Waals surface area contributed by atoms with Gasteiger partial charge < -0.3 is 9.88 Å². The van der Waals surface area contributed by atoms with Crippen LogP contribution in [-0.2, 0) is 0 Å². The fourth-order valence-electron chi connectivity index (χ4n) is 5.39. The fraction of sp³-hybridized carbons (Fsp3) is 0.429. The number of nitrogens with zero attached hydrogens (tertiary/aromatic N) is 2. The van der Waals surface area contributed by atoms with Crippen molar-refractivity contribution in [1.82, 2.24) is 14.8 Å². The van der Waals surface area contributed by atoms with Crippen LogP contribution in [0.1, 0.15) is 34.7 Å². The molecule has 3 atom stereocenters. The molecule has 0 radical (unpaired) electrons. The van der Waals surface area contributed by atoms with Crippen molar-refractivity contribution in [2.75, 3.05) is 19.6 Å². The maximum atomic E-state index is 13.3. The summed E-state index contributed by atoms with van der Waals surface area (Å²) in [5.41, 5.74) is 1.40. The Bertz CT molecular complexity index is 921. The van der Waals surface area contributed by atoms with Crippen LogP contribution in [0, 0.1) is 5.92 Å². The van der Waals surface area contributed by atoms with Crippen LogP contribution in [0.5, 0.6) is 0 Å². The van der Waals surface area contributed by atoms with Crippen LogP contribution in [-0.4, -0.2) is 52.4 Å². The average Bonchev–Trinajstić information content (AvgIpc) is 3.14. The molecule has 1 amide bonds. The van der Waals surface area contributed by atoms with E-state index in [1.165, 1.54) is 17.8 Å². The molecule has 4 fully saturated rings. The fourth-order valence-corrected chi connectivity index (χ4v) is 5.57. The number of amides is 1. The second-order valence-electron chi connectivity index (χ2n) is 7.89. The van der Waals surface area contributed by atoms with E-state index in [4.69, 9.17) is 11.6 Å². The number of hydrogen-bond donors (Lipinski definition) is 1. The lowest BCUT2D eigenvalue weighted by molar-refractivity contribution is -0.00342. The average molecular weight is 384 g/mol. The highest BCUT2D eigenvalue weighted by atomic mass is 35.5. The van der Waals surface area contributed by atoms with Gasteiger partial charge in [-0.05, 0) is 43.5 Å². The summed E-state index contributed by atoms with van der Waals surface area (Å²) in [6.45, 7) is 2.96. The summed E-state index contributed by atoms with van der Waals surface area (Å²) in [5.74, 6) is 0.840. The Morgan fingerprint density at radius 1 is 1.11 bits per heavy atom. The van der Waals surface area contributed by atoms with E-state index in [-0.39, 0.29) is 22.5 Å². The number of piperidine rings is 3. The van der Waals surface area contributed by atoms with Gasteiger partial charge in [-0.15, -0.1) is 0 Å². The standard InChI is InChI=1S/C21H22ClN3O2/c22-17-10-15(11-23-20(17)26)21(27)25-12-16(13-4-2-1-3-5-13)19-18(25)14-6-8-24(19)9-7-14/h1-5,10-11,14,16,18-19H,6-9,12H2,(H,23,26)/t16-,18+,19+/m1/s1. The van der Waals surface area contributed by atoms with E-state index in [0.29, 0.717) is 30.0 Å². The van der Waals surface area contributed by atoms with Gasteiger partial charge in [-0.2, -0.15) is 0 Å². The molecule has 6 heteroatoms. The van der Waals surface area contributed by atoms with Crippen LogP contribution >= 0.6 is 11.6 Å². The molecule has 4 saturated heterocycles. The second-order valence-corrected chi connectivity index (χ2v) is 8.30. The zero-order valence-corrected chi connectivity index (χ0v) is 15.7. The lowest BCUT2D eigenvalue weighted by atomic mass is 9.75. The number of rotatable bonds is 2. The van der Waals surface area contributed by atoms with Gasteiger partial charge in [0.15, 0.2) is 0 Å². The number of carbonyl (C=O) groups excluding carboxylic acids is 1. The number of H-pyrrole nitrogens is 1.